The number of halogens is 1. The quantitative estimate of drug-likeness (QED) is 0.705. The van der Waals surface area contributed by atoms with Crippen LogP contribution >= 0.6 is 0 Å². The third-order valence-electron chi connectivity index (χ3n) is 3.95. The summed E-state index contributed by atoms with van der Waals surface area (Å²) in [5.41, 5.74) is 2.61. The minimum Gasteiger partial charge on any atom is -0.370 e. The van der Waals surface area contributed by atoms with Gasteiger partial charge in [-0.15, -0.1) is 0 Å². The third kappa shape index (κ3) is 4.40. The average molecular weight is 370 g/mol. The van der Waals surface area contributed by atoms with Gasteiger partial charge in [0, 0.05) is 25.0 Å². The van der Waals surface area contributed by atoms with Crippen LogP contribution in [0.3, 0.4) is 0 Å². The molecular weight excluding hydrogens is 351 g/mol. The molecule has 0 radical (unpaired) electrons. The number of benzene rings is 3. The highest BCUT2D eigenvalue weighted by atomic mass is 32.2. The van der Waals surface area contributed by atoms with E-state index in [2.05, 4.69) is 21.8 Å². The standard InChI is InChI=1S/C20H19FN2O2S/c1-23(15-16-5-3-2-4-6-16)19-11-9-18(10-12-19)22-26(24,25)20-13-7-17(21)8-14-20/h2-14,22H,15H2,1H3. The summed E-state index contributed by atoms with van der Waals surface area (Å²) in [5.74, 6) is -0.477. The minimum atomic E-state index is -3.74. The van der Waals surface area contributed by atoms with E-state index < -0.39 is 15.8 Å². The second-order valence-electron chi connectivity index (χ2n) is 5.95. The van der Waals surface area contributed by atoms with Gasteiger partial charge in [-0.2, -0.15) is 0 Å². The maximum Gasteiger partial charge on any atom is 0.261 e. The molecule has 134 valence electrons. The summed E-state index contributed by atoms with van der Waals surface area (Å²) in [4.78, 5) is 2.09. The zero-order chi connectivity index (χ0) is 18.6. The lowest BCUT2D eigenvalue weighted by atomic mass is 10.2. The molecule has 0 bridgehead atoms. The SMILES string of the molecule is CN(Cc1ccccc1)c1ccc(NS(=O)(=O)c2ccc(F)cc2)cc1. The lowest BCUT2D eigenvalue weighted by Gasteiger charge is -2.20. The first-order valence-electron chi connectivity index (χ1n) is 8.07. The summed E-state index contributed by atoms with van der Waals surface area (Å²) >= 11 is 0. The summed E-state index contributed by atoms with van der Waals surface area (Å²) in [5, 5.41) is 0. The monoisotopic (exact) mass is 370 g/mol. The summed E-state index contributed by atoms with van der Waals surface area (Å²) in [6.45, 7) is 0.751. The van der Waals surface area contributed by atoms with E-state index in [0.29, 0.717) is 5.69 Å². The molecule has 0 fully saturated rings. The zero-order valence-electron chi connectivity index (χ0n) is 14.3. The summed E-state index contributed by atoms with van der Waals surface area (Å²) < 4.78 is 40.1. The van der Waals surface area contributed by atoms with Crippen LogP contribution in [0.4, 0.5) is 15.8 Å². The van der Waals surface area contributed by atoms with Gasteiger partial charge in [0.1, 0.15) is 5.82 Å². The molecule has 0 saturated carbocycles. The van der Waals surface area contributed by atoms with Gasteiger partial charge in [-0.05, 0) is 54.1 Å². The predicted molar refractivity (Wildman–Crippen MR) is 102 cm³/mol. The van der Waals surface area contributed by atoms with Crippen molar-refractivity contribution < 1.29 is 12.8 Å². The minimum absolute atomic E-state index is 0.0178. The first-order valence-corrected chi connectivity index (χ1v) is 9.56. The molecule has 0 aromatic heterocycles. The van der Waals surface area contributed by atoms with Gasteiger partial charge in [0.05, 0.1) is 4.90 Å². The normalized spacial score (nSPS) is 11.2. The van der Waals surface area contributed by atoms with Crippen molar-refractivity contribution in [2.75, 3.05) is 16.7 Å². The Morgan fingerprint density at radius 3 is 2.12 bits per heavy atom. The van der Waals surface area contributed by atoms with Gasteiger partial charge in [0.15, 0.2) is 0 Å². The molecule has 0 spiro atoms. The fourth-order valence-corrected chi connectivity index (χ4v) is 3.62. The smallest absolute Gasteiger partial charge is 0.261 e. The van der Waals surface area contributed by atoms with E-state index in [0.717, 1.165) is 24.4 Å². The number of rotatable bonds is 6. The molecule has 1 N–H and O–H groups in total. The van der Waals surface area contributed by atoms with Gasteiger partial charge in [0.2, 0.25) is 0 Å². The van der Waals surface area contributed by atoms with E-state index in [1.54, 1.807) is 12.1 Å². The Labute approximate surface area is 153 Å². The van der Waals surface area contributed by atoms with Crippen molar-refractivity contribution in [3.05, 3.63) is 90.2 Å². The third-order valence-corrected chi connectivity index (χ3v) is 5.34. The number of nitrogens with one attached hydrogen (secondary N) is 1. The maximum absolute atomic E-state index is 13.0. The van der Waals surface area contributed by atoms with Crippen LogP contribution in [0.2, 0.25) is 0 Å². The summed E-state index contributed by atoms with van der Waals surface area (Å²) in [6.07, 6.45) is 0. The van der Waals surface area contributed by atoms with E-state index in [4.69, 9.17) is 0 Å². The maximum atomic E-state index is 13.0. The van der Waals surface area contributed by atoms with Crippen molar-refractivity contribution in [3.63, 3.8) is 0 Å². The van der Waals surface area contributed by atoms with E-state index in [1.165, 1.54) is 17.7 Å². The van der Waals surface area contributed by atoms with Crippen molar-refractivity contribution in [2.24, 2.45) is 0 Å². The molecule has 0 amide bonds. The average Bonchev–Trinajstić information content (AvgIpc) is 2.63. The topological polar surface area (TPSA) is 49.4 Å². The number of hydrogen-bond acceptors (Lipinski definition) is 3. The Kier molecular flexibility index (Phi) is 5.23. The van der Waals surface area contributed by atoms with E-state index >= 15 is 0 Å². The fourth-order valence-electron chi connectivity index (χ4n) is 2.56. The van der Waals surface area contributed by atoms with E-state index in [-0.39, 0.29) is 4.90 Å². The number of nitrogens with zero attached hydrogens (tertiary/aromatic N) is 1. The van der Waals surface area contributed by atoms with Crippen LogP contribution in [0.25, 0.3) is 0 Å². The van der Waals surface area contributed by atoms with Crippen LogP contribution in [0, 0.1) is 5.82 Å². The molecule has 0 unspecified atom stereocenters. The van der Waals surface area contributed by atoms with Crippen molar-refractivity contribution >= 4 is 21.4 Å². The first-order chi connectivity index (χ1) is 12.4. The zero-order valence-corrected chi connectivity index (χ0v) is 15.1. The molecule has 3 aromatic carbocycles. The molecule has 3 rings (SSSR count). The van der Waals surface area contributed by atoms with Gasteiger partial charge in [-0.3, -0.25) is 4.72 Å². The Bertz CT molecular complexity index is 957. The Morgan fingerprint density at radius 2 is 1.50 bits per heavy atom. The van der Waals surface area contributed by atoms with Gasteiger partial charge in [-0.1, -0.05) is 30.3 Å². The molecule has 6 heteroatoms. The van der Waals surface area contributed by atoms with Crippen LogP contribution in [0.15, 0.2) is 83.8 Å². The number of anilines is 2. The van der Waals surface area contributed by atoms with Crippen molar-refractivity contribution in [1.82, 2.24) is 0 Å². The highest BCUT2D eigenvalue weighted by Crippen LogP contribution is 2.21. The highest BCUT2D eigenvalue weighted by molar-refractivity contribution is 7.92. The number of sulfonamides is 1. The Balaban J connectivity index is 1.70. The van der Waals surface area contributed by atoms with Gasteiger partial charge >= 0.3 is 0 Å². The lowest BCUT2D eigenvalue weighted by Crippen LogP contribution is -2.16. The van der Waals surface area contributed by atoms with Gasteiger partial charge in [-0.25, -0.2) is 12.8 Å². The first kappa shape index (κ1) is 17.9. The molecule has 0 aliphatic carbocycles. The van der Waals surface area contributed by atoms with Crippen molar-refractivity contribution in [1.29, 1.82) is 0 Å². The molecule has 0 aliphatic heterocycles. The summed E-state index contributed by atoms with van der Waals surface area (Å²) in [6, 6.07) is 21.9. The second kappa shape index (κ2) is 7.58. The Hall–Kier alpha value is -2.86. The van der Waals surface area contributed by atoms with Gasteiger partial charge < -0.3 is 4.90 Å². The molecule has 0 saturated heterocycles. The highest BCUT2D eigenvalue weighted by Gasteiger charge is 2.14. The molecule has 0 heterocycles. The number of hydrogen-bond donors (Lipinski definition) is 1. The van der Waals surface area contributed by atoms with Crippen molar-refractivity contribution in [2.45, 2.75) is 11.4 Å². The Morgan fingerprint density at radius 1 is 0.885 bits per heavy atom. The molecule has 26 heavy (non-hydrogen) atoms. The predicted octanol–water partition coefficient (Wildman–Crippen LogP) is 4.26. The lowest BCUT2D eigenvalue weighted by molar-refractivity contribution is 0.599. The molecule has 0 aliphatic rings. The van der Waals surface area contributed by atoms with Crippen LogP contribution < -0.4 is 9.62 Å². The largest absolute Gasteiger partial charge is 0.370 e. The van der Waals surface area contributed by atoms with Crippen LogP contribution in [0.1, 0.15) is 5.56 Å². The molecule has 4 nitrogen and oxygen atoms in total. The fraction of sp³-hybridized carbons (Fsp3) is 0.100. The van der Waals surface area contributed by atoms with Crippen LogP contribution in [-0.2, 0) is 16.6 Å². The second-order valence-corrected chi connectivity index (χ2v) is 7.63. The molecule has 3 aromatic rings. The van der Waals surface area contributed by atoms with E-state index in [9.17, 15) is 12.8 Å². The van der Waals surface area contributed by atoms with E-state index in [1.807, 2.05) is 37.4 Å². The molecule has 0 atom stereocenters. The van der Waals surface area contributed by atoms with Crippen molar-refractivity contribution in [3.8, 4) is 0 Å². The van der Waals surface area contributed by atoms with Crippen LogP contribution in [0.5, 0.6) is 0 Å². The van der Waals surface area contributed by atoms with Crippen LogP contribution in [-0.4, -0.2) is 15.5 Å². The van der Waals surface area contributed by atoms with Gasteiger partial charge in [0.25, 0.3) is 10.0 Å². The molecular formula is C20H19FN2O2S. The summed E-state index contributed by atoms with van der Waals surface area (Å²) in [7, 11) is -1.77.